The van der Waals surface area contributed by atoms with E-state index in [2.05, 4.69) is 17.9 Å². The lowest BCUT2D eigenvalue weighted by atomic mass is 9.89. The number of benzene rings is 2. The van der Waals surface area contributed by atoms with Crippen LogP contribution in [0, 0.1) is 25.6 Å². The summed E-state index contributed by atoms with van der Waals surface area (Å²) in [6.45, 7) is 9.09. The Morgan fingerprint density at radius 1 is 1.00 bits per heavy atom. The van der Waals surface area contributed by atoms with Crippen molar-refractivity contribution in [3.63, 3.8) is 0 Å². The largest absolute Gasteiger partial charge is 0.338 e. The third-order valence-corrected chi connectivity index (χ3v) is 6.85. The van der Waals surface area contributed by atoms with Crippen molar-refractivity contribution >= 4 is 5.91 Å². The second-order valence-electron chi connectivity index (χ2n) is 8.78. The van der Waals surface area contributed by atoms with Crippen LogP contribution in [0.15, 0.2) is 42.5 Å². The number of carbonyl (C=O) groups is 1. The summed E-state index contributed by atoms with van der Waals surface area (Å²) in [5.74, 6) is 1.13. The Labute approximate surface area is 173 Å². The zero-order valence-corrected chi connectivity index (χ0v) is 17.5. The fraction of sp³-hybridized carbons (Fsp3) is 0.480. The first-order valence-corrected chi connectivity index (χ1v) is 10.8. The second kappa shape index (κ2) is 8.66. The molecule has 29 heavy (non-hydrogen) atoms. The van der Waals surface area contributed by atoms with Crippen LogP contribution in [-0.2, 0) is 0 Å². The zero-order valence-electron chi connectivity index (χ0n) is 17.5. The van der Waals surface area contributed by atoms with E-state index in [9.17, 15) is 9.18 Å². The molecule has 2 heterocycles. The average Bonchev–Trinajstić information content (AvgIpc) is 3.19. The van der Waals surface area contributed by atoms with Crippen molar-refractivity contribution in [1.82, 2.24) is 9.80 Å². The van der Waals surface area contributed by atoms with Gasteiger partial charge in [-0.1, -0.05) is 24.3 Å². The lowest BCUT2D eigenvalue weighted by Crippen LogP contribution is -2.38. The van der Waals surface area contributed by atoms with Crippen LogP contribution in [-0.4, -0.2) is 48.4 Å². The molecular formula is C25H31FN2O. The van der Waals surface area contributed by atoms with Gasteiger partial charge in [0.2, 0.25) is 0 Å². The standard InChI is InChI=1S/C25H31FN2O/c1-18-4-3-5-24(19(18)2)25(29)28-15-10-20(17-28)16-27-13-11-22(12-14-27)21-6-8-23(26)9-7-21/h3-9,20,22H,10-17H2,1-2H3. The fourth-order valence-electron chi connectivity index (χ4n) is 4.87. The SMILES string of the molecule is Cc1cccc(C(=O)N2CCC(CN3CCC(c4ccc(F)cc4)CC3)C2)c1C. The van der Waals surface area contributed by atoms with Gasteiger partial charge in [0.05, 0.1) is 0 Å². The Balaban J connectivity index is 1.28. The summed E-state index contributed by atoms with van der Waals surface area (Å²) in [6.07, 6.45) is 3.35. The van der Waals surface area contributed by atoms with Crippen molar-refractivity contribution in [2.45, 2.75) is 39.0 Å². The Hall–Kier alpha value is -2.20. The van der Waals surface area contributed by atoms with Crippen LogP contribution in [0.5, 0.6) is 0 Å². The molecule has 0 bridgehead atoms. The van der Waals surface area contributed by atoms with Crippen LogP contribution in [0.3, 0.4) is 0 Å². The van der Waals surface area contributed by atoms with Gasteiger partial charge in [-0.2, -0.15) is 0 Å². The molecule has 0 N–H and O–H groups in total. The van der Waals surface area contributed by atoms with Gasteiger partial charge in [-0.05, 0) is 92.9 Å². The van der Waals surface area contributed by atoms with E-state index in [4.69, 9.17) is 0 Å². The van der Waals surface area contributed by atoms with Crippen molar-refractivity contribution in [3.05, 3.63) is 70.5 Å². The summed E-state index contributed by atoms with van der Waals surface area (Å²) >= 11 is 0. The third kappa shape index (κ3) is 4.53. The van der Waals surface area contributed by atoms with Gasteiger partial charge in [0, 0.05) is 25.2 Å². The number of hydrogen-bond acceptors (Lipinski definition) is 2. The number of carbonyl (C=O) groups excluding carboxylic acids is 1. The fourth-order valence-corrected chi connectivity index (χ4v) is 4.87. The zero-order chi connectivity index (χ0) is 20.4. The highest BCUT2D eigenvalue weighted by Gasteiger charge is 2.30. The first-order chi connectivity index (χ1) is 14.0. The maximum absolute atomic E-state index is 13.1. The van der Waals surface area contributed by atoms with Crippen LogP contribution in [0.1, 0.15) is 52.2 Å². The quantitative estimate of drug-likeness (QED) is 0.745. The van der Waals surface area contributed by atoms with Gasteiger partial charge in [0.1, 0.15) is 5.82 Å². The van der Waals surface area contributed by atoms with E-state index < -0.39 is 0 Å². The summed E-state index contributed by atoms with van der Waals surface area (Å²) in [6, 6.07) is 13.0. The molecule has 0 aromatic heterocycles. The molecular weight excluding hydrogens is 363 g/mol. The van der Waals surface area contributed by atoms with Crippen molar-refractivity contribution < 1.29 is 9.18 Å². The number of hydrogen-bond donors (Lipinski definition) is 0. The average molecular weight is 395 g/mol. The molecule has 154 valence electrons. The summed E-state index contributed by atoms with van der Waals surface area (Å²) in [5, 5.41) is 0. The Morgan fingerprint density at radius 3 is 2.45 bits per heavy atom. The molecule has 4 heteroatoms. The summed E-state index contributed by atoms with van der Waals surface area (Å²) in [4.78, 5) is 17.6. The van der Waals surface area contributed by atoms with Crippen molar-refractivity contribution in [2.75, 3.05) is 32.7 Å². The van der Waals surface area contributed by atoms with E-state index in [1.54, 1.807) is 12.1 Å². The molecule has 2 fully saturated rings. The maximum Gasteiger partial charge on any atom is 0.254 e. The van der Waals surface area contributed by atoms with Gasteiger partial charge in [0.25, 0.3) is 5.91 Å². The molecule has 0 radical (unpaired) electrons. The second-order valence-corrected chi connectivity index (χ2v) is 8.78. The summed E-state index contributed by atoms with van der Waals surface area (Å²) in [5.41, 5.74) is 4.39. The molecule has 1 unspecified atom stereocenters. The Kier molecular flexibility index (Phi) is 6.00. The van der Waals surface area contributed by atoms with Gasteiger partial charge >= 0.3 is 0 Å². The summed E-state index contributed by atoms with van der Waals surface area (Å²) < 4.78 is 13.1. The van der Waals surface area contributed by atoms with Gasteiger partial charge in [-0.25, -0.2) is 4.39 Å². The molecule has 0 saturated carbocycles. The van der Waals surface area contributed by atoms with Crippen molar-refractivity contribution in [1.29, 1.82) is 0 Å². The maximum atomic E-state index is 13.1. The van der Waals surface area contributed by atoms with Crippen LogP contribution in [0.25, 0.3) is 0 Å². The van der Waals surface area contributed by atoms with Gasteiger partial charge in [0.15, 0.2) is 0 Å². The van der Waals surface area contributed by atoms with Crippen molar-refractivity contribution in [2.24, 2.45) is 5.92 Å². The molecule has 0 spiro atoms. The number of piperidine rings is 1. The predicted octanol–water partition coefficient (Wildman–Crippen LogP) is 4.78. The van der Waals surface area contributed by atoms with E-state index >= 15 is 0 Å². The molecule has 3 nitrogen and oxygen atoms in total. The lowest BCUT2D eigenvalue weighted by Gasteiger charge is -2.33. The minimum absolute atomic E-state index is 0.160. The summed E-state index contributed by atoms with van der Waals surface area (Å²) in [7, 11) is 0. The number of amides is 1. The molecule has 2 aliphatic heterocycles. The number of rotatable bonds is 4. The number of halogens is 1. The van der Waals surface area contributed by atoms with E-state index in [0.29, 0.717) is 11.8 Å². The minimum atomic E-state index is -0.160. The Bertz CT molecular complexity index is 856. The van der Waals surface area contributed by atoms with E-state index in [-0.39, 0.29) is 11.7 Å². The highest BCUT2D eigenvalue weighted by molar-refractivity contribution is 5.96. The number of nitrogens with zero attached hydrogens (tertiary/aromatic N) is 2. The van der Waals surface area contributed by atoms with E-state index in [0.717, 1.165) is 63.1 Å². The van der Waals surface area contributed by atoms with Crippen LogP contribution >= 0.6 is 0 Å². The highest BCUT2D eigenvalue weighted by Crippen LogP contribution is 2.29. The molecule has 1 atom stereocenters. The van der Waals surface area contributed by atoms with Crippen molar-refractivity contribution in [3.8, 4) is 0 Å². The smallest absolute Gasteiger partial charge is 0.254 e. The molecule has 2 aromatic carbocycles. The van der Waals surface area contributed by atoms with Gasteiger partial charge < -0.3 is 9.80 Å². The first-order valence-electron chi connectivity index (χ1n) is 10.8. The van der Waals surface area contributed by atoms with E-state index in [1.807, 2.05) is 36.1 Å². The monoisotopic (exact) mass is 394 g/mol. The molecule has 2 aliphatic rings. The predicted molar refractivity (Wildman–Crippen MR) is 115 cm³/mol. The lowest BCUT2D eigenvalue weighted by molar-refractivity contribution is 0.0781. The Morgan fingerprint density at radius 2 is 1.72 bits per heavy atom. The highest BCUT2D eigenvalue weighted by atomic mass is 19.1. The normalized spacial score (nSPS) is 20.9. The minimum Gasteiger partial charge on any atom is -0.338 e. The molecule has 1 amide bonds. The van der Waals surface area contributed by atoms with Gasteiger partial charge in [-0.3, -0.25) is 4.79 Å². The molecule has 2 aromatic rings. The first kappa shape index (κ1) is 20.1. The van der Waals surface area contributed by atoms with E-state index in [1.165, 1.54) is 11.1 Å². The topological polar surface area (TPSA) is 23.6 Å². The third-order valence-electron chi connectivity index (χ3n) is 6.85. The van der Waals surface area contributed by atoms with Crippen LogP contribution in [0.4, 0.5) is 4.39 Å². The molecule has 4 rings (SSSR count). The van der Waals surface area contributed by atoms with Crippen LogP contribution in [0.2, 0.25) is 0 Å². The van der Waals surface area contributed by atoms with Gasteiger partial charge in [-0.15, -0.1) is 0 Å². The molecule has 2 saturated heterocycles. The number of likely N-dealkylation sites (tertiary alicyclic amines) is 2. The van der Waals surface area contributed by atoms with Crippen LogP contribution < -0.4 is 0 Å². The number of aryl methyl sites for hydroxylation is 1. The molecule has 0 aliphatic carbocycles.